The summed E-state index contributed by atoms with van der Waals surface area (Å²) in [5.74, 6) is 0. The second-order valence-electron chi connectivity index (χ2n) is 11.8. The fraction of sp³-hybridized carbons (Fsp3) is 0. The van der Waals surface area contributed by atoms with E-state index in [0.29, 0.717) is 0 Å². The largest absolute Gasteiger partial charge is 0.456 e. The van der Waals surface area contributed by atoms with Crippen LogP contribution in [0, 0.1) is 0 Å². The van der Waals surface area contributed by atoms with Crippen LogP contribution < -0.4 is 4.90 Å². The summed E-state index contributed by atoms with van der Waals surface area (Å²) in [7, 11) is 0. The van der Waals surface area contributed by atoms with Crippen LogP contribution in [0.1, 0.15) is 0 Å². The average Bonchev–Trinajstić information content (AvgIpc) is 3.52. The average molecular weight is 588 g/mol. The zero-order valence-corrected chi connectivity index (χ0v) is 25.1. The lowest BCUT2D eigenvalue weighted by Gasteiger charge is -2.26. The Labute approximate surface area is 267 Å². The molecule has 9 aromatic rings. The third-order valence-electron chi connectivity index (χ3n) is 9.04. The summed E-state index contributed by atoms with van der Waals surface area (Å²) in [6.45, 7) is 0. The third-order valence-corrected chi connectivity index (χ3v) is 9.04. The molecular weight excluding hydrogens is 558 g/mol. The van der Waals surface area contributed by atoms with Crippen LogP contribution in [0.2, 0.25) is 0 Å². The summed E-state index contributed by atoms with van der Waals surface area (Å²) in [6, 6.07) is 62.8. The molecule has 9 rings (SSSR count). The lowest BCUT2D eigenvalue weighted by molar-refractivity contribution is 0.669. The van der Waals surface area contributed by atoms with Crippen molar-refractivity contribution in [2.75, 3.05) is 4.90 Å². The number of rotatable bonds is 5. The second-order valence-corrected chi connectivity index (χ2v) is 11.8. The van der Waals surface area contributed by atoms with Gasteiger partial charge >= 0.3 is 0 Å². The number of para-hydroxylation sites is 2. The molecule has 0 unspecified atom stereocenters. The summed E-state index contributed by atoms with van der Waals surface area (Å²) < 4.78 is 6.15. The van der Waals surface area contributed by atoms with E-state index in [1.165, 1.54) is 49.2 Å². The Morgan fingerprint density at radius 1 is 0.348 bits per heavy atom. The predicted molar refractivity (Wildman–Crippen MR) is 194 cm³/mol. The quantitative estimate of drug-likeness (QED) is 0.199. The Morgan fingerprint density at radius 3 is 1.85 bits per heavy atom. The van der Waals surface area contributed by atoms with Gasteiger partial charge in [0.15, 0.2) is 0 Å². The summed E-state index contributed by atoms with van der Waals surface area (Å²) in [5.41, 5.74) is 10.1. The highest BCUT2D eigenvalue weighted by Crippen LogP contribution is 2.40. The molecule has 0 fully saturated rings. The number of benzene rings is 8. The molecule has 0 radical (unpaired) electrons. The molecule has 0 atom stereocenters. The number of fused-ring (bicyclic) bond motifs is 6. The van der Waals surface area contributed by atoms with Crippen molar-refractivity contribution in [2.24, 2.45) is 0 Å². The molecule has 1 aromatic heterocycles. The first kappa shape index (κ1) is 26.3. The molecule has 0 N–H and O–H groups in total. The molecule has 8 aromatic carbocycles. The zero-order chi connectivity index (χ0) is 30.5. The van der Waals surface area contributed by atoms with Gasteiger partial charge in [0, 0.05) is 27.8 Å². The maximum Gasteiger partial charge on any atom is 0.136 e. The van der Waals surface area contributed by atoms with Crippen LogP contribution in [-0.2, 0) is 0 Å². The number of nitrogens with zero attached hydrogens (tertiary/aromatic N) is 1. The molecule has 0 aliphatic heterocycles. The Kier molecular flexibility index (Phi) is 6.17. The van der Waals surface area contributed by atoms with E-state index in [-0.39, 0.29) is 0 Å². The van der Waals surface area contributed by atoms with E-state index in [0.717, 1.165) is 33.6 Å². The Bertz CT molecular complexity index is 2510. The van der Waals surface area contributed by atoms with E-state index in [1.54, 1.807) is 0 Å². The highest BCUT2D eigenvalue weighted by atomic mass is 16.3. The van der Waals surface area contributed by atoms with Crippen molar-refractivity contribution in [3.8, 4) is 22.3 Å². The second kappa shape index (κ2) is 10.8. The van der Waals surface area contributed by atoms with Crippen LogP contribution in [0.15, 0.2) is 180 Å². The molecule has 0 spiro atoms. The summed E-state index contributed by atoms with van der Waals surface area (Å²) in [5, 5.41) is 7.19. The lowest BCUT2D eigenvalue weighted by Crippen LogP contribution is -2.09. The molecule has 0 aliphatic rings. The van der Waals surface area contributed by atoms with Gasteiger partial charge in [-0.25, -0.2) is 0 Å². The van der Waals surface area contributed by atoms with Crippen LogP contribution in [0.3, 0.4) is 0 Å². The smallest absolute Gasteiger partial charge is 0.136 e. The zero-order valence-electron chi connectivity index (χ0n) is 25.1. The Morgan fingerprint density at radius 2 is 1.00 bits per heavy atom. The van der Waals surface area contributed by atoms with E-state index in [1.807, 2.05) is 12.1 Å². The van der Waals surface area contributed by atoms with Gasteiger partial charge < -0.3 is 9.32 Å². The molecule has 0 aliphatic carbocycles. The van der Waals surface area contributed by atoms with Crippen molar-refractivity contribution in [1.82, 2.24) is 0 Å². The van der Waals surface area contributed by atoms with E-state index in [4.69, 9.17) is 4.42 Å². The molecule has 0 saturated heterocycles. The number of hydrogen-bond donors (Lipinski definition) is 0. The van der Waals surface area contributed by atoms with E-state index >= 15 is 0 Å². The van der Waals surface area contributed by atoms with Gasteiger partial charge in [-0.3, -0.25) is 0 Å². The maximum atomic E-state index is 6.15. The fourth-order valence-electron chi connectivity index (χ4n) is 6.84. The molecule has 0 amide bonds. The van der Waals surface area contributed by atoms with Gasteiger partial charge in [-0.05, 0) is 98.4 Å². The van der Waals surface area contributed by atoms with Gasteiger partial charge in [-0.15, -0.1) is 0 Å². The van der Waals surface area contributed by atoms with Crippen molar-refractivity contribution in [3.63, 3.8) is 0 Å². The molecular formula is C44H29NO. The van der Waals surface area contributed by atoms with Crippen molar-refractivity contribution in [3.05, 3.63) is 176 Å². The number of anilines is 3. The van der Waals surface area contributed by atoms with Gasteiger partial charge in [-0.2, -0.15) is 0 Å². The summed E-state index contributed by atoms with van der Waals surface area (Å²) in [6.07, 6.45) is 0. The summed E-state index contributed by atoms with van der Waals surface area (Å²) >= 11 is 0. The monoisotopic (exact) mass is 587 g/mol. The molecule has 216 valence electrons. The molecule has 0 bridgehead atoms. The van der Waals surface area contributed by atoms with E-state index in [2.05, 4.69) is 169 Å². The van der Waals surface area contributed by atoms with E-state index < -0.39 is 0 Å². The molecule has 2 nitrogen and oxygen atoms in total. The first-order valence-corrected chi connectivity index (χ1v) is 15.7. The highest BCUT2D eigenvalue weighted by molar-refractivity contribution is 6.19. The van der Waals surface area contributed by atoms with Crippen LogP contribution in [0.5, 0.6) is 0 Å². The molecule has 1 heterocycles. The minimum atomic E-state index is 0.926. The lowest BCUT2D eigenvalue weighted by atomic mass is 9.94. The third kappa shape index (κ3) is 4.43. The predicted octanol–water partition coefficient (Wildman–Crippen LogP) is 12.7. The molecule has 46 heavy (non-hydrogen) atoms. The van der Waals surface area contributed by atoms with Crippen molar-refractivity contribution < 1.29 is 4.42 Å². The van der Waals surface area contributed by atoms with Gasteiger partial charge in [0.25, 0.3) is 0 Å². The van der Waals surface area contributed by atoms with Gasteiger partial charge in [0.1, 0.15) is 11.2 Å². The Hall–Kier alpha value is -6.12. The van der Waals surface area contributed by atoms with Gasteiger partial charge in [0.05, 0.1) is 0 Å². The first-order valence-electron chi connectivity index (χ1n) is 15.7. The fourth-order valence-corrected chi connectivity index (χ4v) is 6.84. The summed E-state index contributed by atoms with van der Waals surface area (Å²) in [4.78, 5) is 2.33. The first-order chi connectivity index (χ1) is 22.8. The highest BCUT2D eigenvalue weighted by Gasteiger charge is 2.15. The minimum absolute atomic E-state index is 0.926. The van der Waals surface area contributed by atoms with E-state index in [9.17, 15) is 0 Å². The van der Waals surface area contributed by atoms with Crippen molar-refractivity contribution in [2.45, 2.75) is 0 Å². The van der Waals surface area contributed by atoms with Crippen molar-refractivity contribution >= 4 is 60.5 Å². The van der Waals surface area contributed by atoms with Crippen LogP contribution in [0.4, 0.5) is 17.1 Å². The number of furan rings is 1. The van der Waals surface area contributed by atoms with Crippen LogP contribution in [-0.4, -0.2) is 0 Å². The number of hydrogen-bond acceptors (Lipinski definition) is 2. The van der Waals surface area contributed by atoms with Gasteiger partial charge in [-0.1, -0.05) is 121 Å². The van der Waals surface area contributed by atoms with Gasteiger partial charge in [0.2, 0.25) is 0 Å². The van der Waals surface area contributed by atoms with Crippen molar-refractivity contribution in [1.29, 1.82) is 0 Å². The normalized spacial score (nSPS) is 11.5. The maximum absolute atomic E-state index is 6.15. The van der Waals surface area contributed by atoms with Crippen LogP contribution in [0.25, 0.3) is 65.7 Å². The minimum Gasteiger partial charge on any atom is -0.456 e. The topological polar surface area (TPSA) is 16.4 Å². The Balaban J connectivity index is 1.14. The standard InChI is InChI=1S/C44H29NO/c1-3-10-30(11-4-1)31-18-22-36(23-19-31)45(35-13-5-2-6-14-35)37-24-26-39-32(29-37)12-9-16-38(39)33-20-25-40-34(28-33)21-27-43-44(40)41-15-7-8-17-42(41)46-43/h1-29H. The van der Waals surface area contributed by atoms with Crippen LogP contribution >= 0.6 is 0 Å². The SMILES string of the molecule is c1ccc(-c2ccc(N(c3ccccc3)c3ccc4c(-c5ccc6c(ccc7oc8ccccc8c76)c5)cccc4c3)cc2)cc1. The molecule has 2 heteroatoms. The molecule has 0 saturated carbocycles.